The molecule has 0 aliphatic carbocycles. The lowest BCUT2D eigenvalue weighted by Gasteiger charge is -2.17. The summed E-state index contributed by atoms with van der Waals surface area (Å²) in [5.74, 6) is 1.05. The molecular formula is C19H23NO. The van der Waals surface area contributed by atoms with Gasteiger partial charge in [0.1, 0.15) is 5.75 Å². The van der Waals surface area contributed by atoms with Crippen LogP contribution in [0.4, 0.5) is 0 Å². The SMILES string of the molecule is CCNC(CC)c1cccc(-c2ccc3c(c2)CCO3)c1. The third-order valence-electron chi connectivity index (χ3n) is 4.17. The first kappa shape index (κ1) is 14.2. The van der Waals surface area contributed by atoms with E-state index < -0.39 is 0 Å². The van der Waals surface area contributed by atoms with Gasteiger partial charge in [-0.3, -0.25) is 0 Å². The molecule has 1 atom stereocenters. The Morgan fingerprint density at radius 2 is 1.95 bits per heavy atom. The minimum Gasteiger partial charge on any atom is -0.493 e. The Hall–Kier alpha value is -1.80. The van der Waals surface area contributed by atoms with Crippen molar-refractivity contribution in [2.24, 2.45) is 0 Å². The Morgan fingerprint density at radius 3 is 2.76 bits per heavy atom. The molecule has 0 bridgehead atoms. The molecule has 0 radical (unpaired) electrons. The van der Waals surface area contributed by atoms with Gasteiger partial charge in [-0.05, 0) is 53.4 Å². The van der Waals surface area contributed by atoms with Crippen molar-refractivity contribution in [3.05, 3.63) is 53.6 Å². The number of ether oxygens (including phenoxy) is 1. The maximum Gasteiger partial charge on any atom is 0.122 e. The Morgan fingerprint density at radius 1 is 1.10 bits per heavy atom. The fourth-order valence-corrected chi connectivity index (χ4v) is 3.05. The fourth-order valence-electron chi connectivity index (χ4n) is 3.05. The van der Waals surface area contributed by atoms with Crippen LogP contribution in [0.25, 0.3) is 11.1 Å². The normalized spacial score (nSPS) is 14.6. The lowest BCUT2D eigenvalue weighted by atomic mass is 9.97. The molecule has 1 aliphatic heterocycles. The van der Waals surface area contributed by atoms with Gasteiger partial charge in [-0.25, -0.2) is 0 Å². The second-order valence-electron chi connectivity index (χ2n) is 5.56. The molecule has 1 N–H and O–H groups in total. The van der Waals surface area contributed by atoms with Gasteiger partial charge in [0.25, 0.3) is 0 Å². The van der Waals surface area contributed by atoms with Crippen LogP contribution in [0.3, 0.4) is 0 Å². The van der Waals surface area contributed by atoms with Crippen LogP contribution in [0.15, 0.2) is 42.5 Å². The van der Waals surface area contributed by atoms with Gasteiger partial charge in [0.15, 0.2) is 0 Å². The van der Waals surface area contributed by atoms with Crippen molar-refractivity contribution in [3.63, 3.8) is 0 Å². The molecular weight excluding hydrogens is 258 g/mol. The van der Waals surface area contributed by atoms with Crippen LogP contribution < -0.4 is 10.1 Å². The van der Waals surface area contributed by atoms with Gasteiger partial charge >= 0.3 is 0 Å². The quantitative estimate of drug-likeness (QED) is 0.879. The van der Waals surface area contributed by atoms with E-state index in [1.807, 2.05) is 0 Å². The van der Waals surface area contributed by atoms with Gasteiger partial charge in [-0.15, -0.1) is 0 Å². The Bertz CT molecular complexity index is 621. The number of benzene rings is 2. The van der Waals surface area contributed by atoms with Gasteiger partial charge in [0.05, 0.1) is 6.61 Å². The summed E-state index contributed by atoms with van der Waals surface area (Å²) in [4.78, 5) is 0. The smallest absolute Gasteiger partial charge is 0.122 e. The van der Waals surface area contributed by atoms with Crippen molar-refractivity contribution in [1.29, 1.82) is 0 Å². The molecule has 0 spiro atoms. The zero-order valence-corrected chi connectivity index (χ0v) is 12.9. The molecule has 2 aromatic carbocycles. The molecule has 1 heterocycles. The second kappa shape index (κ2) is 6.31. The molecule has 0 saturated heterocycles. The highest BCUT2D eigenvalue weighted by Gasteiger charge is 2.13. The first-order valence-corrected chi connectivity index (χ1v) is 7.91. The minimum absolute atomic E-state index is 0.438. The number of rotatable bonds is 5. The van der Waals surface area contributed by atoms with Gasteiger partial charge in [-0.1, -0.05) is 38.1 Å². The molecule has 1 aliphatic rings. The van der Waals surface area contributed by atoms with Gasteiger partial charge in [0, 0.05) is 12.5 Å². The van der Waals surface area contributed by atoms with Gasteiger partial charge in [-0.2, -0.15) is 0 Å². The number of hydrogen-bond acceptors (Lipinski definition) is 2. The van der Waals surface area contributed by atoms with E-state index in [4.69, 9.17) is 4.74 Å². The molecule has 3 rings (SSSR count). The number of fused-ring (bicyclic) bond motifs is 1. The van der Waals surface area contributed by atoms with E-state index >= 15 is 0 Å². The summed E-state index contributed by atoms with van der Waals surface area (Å²) < 4.78 is 5.59. The van der Waals surface area contributed by atoms with Crippen LogP contribution in [0.1, 0.15) is 37.4 Å². The molecule has 2 aromatic rings. The summed E-state index contributed by atoms with van der Waals surface area (Å²) >= 11 is 0. The largest absolute Gasteiger partial charge is 0.493 e. The van der Waals surface area contributed by atoms with Crippen LogP contribution in [-0.2, 0) is 6.42 Å². The average molecular weight is 281 g/mol. The lowest BCUT2D eigenvalue weighted by molar-refractivity contribution is 0.357. The molecule has 21 heavy (non-hydrogen) atoms. The predicted molar refractivity (Wildman–Crippen MR) is 87.8 cm³/mol. The van der Waals surface area contributed by atoms with Crippen LogP contribution in [0, 0.1) is 0 Å². The molecule has 0 fully saturated rings. The first-order valence-electron chi connectivity index (χ1n) is 7.91. The van der Waals surface area contributed by atoms with E-state index in [-0.39, 0.29) is 0 Å². The minimum atomic E-state index is 0.438. The van der Waals surface area contributed by atoms with Crippen molar-refractivity contribution in [2.75, 3.05) is 13.2 Å². The van der Waals surface area contributed by atoms with E-state index in [1.54, 1.807) is 0 Å². The highest BCUT2D eigenvalue weighted by molar-refractivity contribution is 5.67. The summed E-state index contributed by atoms with van der Waals surface area (Å²) in [7, 11) is 0. The summed E-state index contributed by atoms with van der Waals surface area (Å²) in [6.07, 6.45) is 2.13. The molecule has 0 aromatic heterocycles. The number of hydrogen-bond donors (Lipinski definition) is 1. The summed E-state index contributed by atoms with van der Waals surface area (Å²) in [5, 5.41) is 3.55. The van der Waals surface area contributed by atoms with Crippen LogP contribution in [0.5, 0.6) is 5.75 Å². The zero-order chi connectivity index (χ0) is 14.7. The van der Waals surface area contributed by atoms with Crippen molar-refractivity contribution in [3.8, 4) is 16.9 Å². The number of nitrogens with one attached hydrogen (secondary N) is 1. The maximum atomic E-state index is 5.59. The van der Waals surface area contributed by atoms with Crippen LogP contribution >= 0.6 is 0 Å². The Balaban J connectivity index is 1.92. The topological polar surface area (TPSA) is 21.3 Å². The van der Waals surface area contributed by atoms with Gasteiger partial charge in [0.2, 0.25) is 0 Å². The average Bonchev–Trinajstić information content (AvgIpc) is 3.00. The summed E-state index contributed by atoms with van der Waals surface area (Å²) in [5.41, 5.74) is 5.27. The van der Waals surface area contributed by atoms with Crippen molar-refractivity contribution in [2.45, 2.75) is 32.7 Å². The molecule has 110 valence electrons. The maximum absolute atomic E-state index is 5.59. The lowest BCUT2D eigenvalue weighted by Crippen LogP contribution is -2.19. The van der Waals surface area contributed by atoms with Crippen molar-refractivity contribution in [1.82, 2.24) is 5.32 Å². The van der Waals surface area contributed by atoms with E-state index in [1.165, 1.54) is 22.3 Å². The van der Waals surface area contributed by atoms with E-state index in [9.17, 15) is 0 Å². The van der Waals surface area contributed by atoms with Crippen LogP contribution in [-0.4, -0.2) is 13.2 Å². The molecule has 0 amide bonds. The van der Waals surface area contributed by atoms with E-state index in [0.29, 0.717) is 6.04 Å². The third kappa shape index (κ3) is 2.96. The molecule has 2 nitrogen and oxygen atoms in total. The first-order chi connectivity index (χ1) is 10.3. The standard InChI is InChI=1S/C19H23NO/c1-3-18(20-4-2)16-7-5-6-14(12-16)15-8-9-19-17(13-15)10-11-21-19/h5-9,12-13,18,20H,3-4,10-11H2,1-2H3. The highest BCUT2D eigenvalue weighted by atomic mass is 16.5. The summed E-state index contributed by atoms with van der Waals surface area (Å²) in [6, 6.07) is 15.9. The van der Waals surface area contributed by atoms with Gasteiger partial charge < -0.3 is 10.1 Å². The van der Waals surface area contributed by atoms with Crippen LogP contribution in [0.2, 0.25) is 0 Å². The van der Waals surface area contributed by atoms with E-state index in [0.717, 1.165) is 31.7 Å². The molecule has 0 saturated carbocycles. The van der Waals surface area contributed by atoms with E-state index in [2.05, 4.69) is 61.6 Å². The predicted octanol–water partition coefficient (Wildman–Crippen LogP) is 4.35. The second-order valence-corrected chi connectivity index (χ2v) is 5.56. The monoisotopic (exact) mass is 281 g/mol. The fraction of sp³-hybridized carbons (Fsp3) is 0.368. The third-order valence-corrected chi connectivity index (χ3v) is 4.17. The highest BCUT2D eigenvalue weighted by Crippen LogP contribution is 2.31. The van der Waals surface area contributed by atoms with Crippen molar-refractivity contribution >= 4 is 0 Å². The Kier molecular flexibility index (Phi) is 4.26. The molecule has 1 unspecified atom stereocenters. The zero-order valence-electron chi connectivity index (χ0n) is 12.9. The van der Waals surface area contributed by atoms with Crippen molar-refractivity contribution < 1.29 is 4.74 Å². The molecule has 2 heteroatoms. The summed E-state index contributed by atoms with van der Waals surface area (Å²) in [6.45, 7) is 6.20. The Labute approximate surface area is 127 Å².